The van der Waals surface area contributed by atoms with Crippen LogP contribution in [0.3, 0.4) is 0 Å². The Labute approximate surface area is 437 Å². The fourth-order valence-electron chi connectivity index (χ4n) is 9.32. The predicted octanol–water partition coefficient (Wildman–Crippen LogP) is 6.50. The average Bonchev–Trinajstić information content (AvgIpc) is 3.99. The number of aryl methyl sites for hydroxylation is 2. The Bertz CT molecular complexity index is 3210. The first-order chi connectivity index (χ1) is 35.6. The summed E-state index contributed by atoms with van der Waals surface area (Å²) in [4.78, 5) is 72.0. The second-order valence-corrected chi connectivity index (χ2v) is 20.7. The molecule has 24 heteroatoms. The van der Waals surface area contributed by atoms with Crippen molar-refractivity contribution in [1.29, 1.82) is 0 Å². The van der Waals surface area contributed by atoms with Gasteiger partial charge < -0.3 is 30.9 Å². The molecule has 3 aliphatic rings. The number of benzene rings is 3. The number of aliphatic imine (C=N–C) groups is 1. The molecule has 3 aromatic heterocycles. The lowest BCUT2D eigenvalue weighted by Gasteiger charge is -2.42. The van der Waals surface area contributed by atoms with Crippen molar-refractivity contribution < 1.29 is 47.7 Å². The van der Waals surface area contributed by atoms with Crippen LogP contribution in [0.2, 0.25) is 5.02 Å². The number of hydrogen-bond donors (Lipinski definition) is 6. The number of fused-ring (bicyclic) bond motifs is 3. The molecule has 0 bridgehead atoms. The highest BCUT2D eigenvalue weighted by molar-refractivity contribution is 7.15. The number of carbonyl (C=O) groups is 4. The zero-order valence-corrected chi connectivity index (χ0v) is 43.1. The van der Waals surface area contributed by atoms with E-state index in [9.17, 15) is 42.6 Å². The number of aromatic amines is 1. The number of halogens is 4. The van der Waals surface area contributed by atoms with E-state index in [1.54, 1.807) is 17.4 Å². The van der Waals surface area contributed by atoms with E-state index in [4.69, 9.17) is 26.5 Å². The molecular formula is C51H55ClF3N11O8S. The van der Waals surface area contributed by atoms with Crippen molar-refractivity contribution in [2.75, 3.05) is 39.3 Å². The van der Waals surface area contributed by atoms with Crippen molar-refractivity contribution in [3.63, 3.8) is 0 Å². The number of aromatic nitrogens is 6. The van der Waals surface area contributed by atoms with Gasteiger partial charge in [-0.2, -0.15) is 18.3 Å². The Morgan fingerprint density at radius 1 is 0.907 bits per heavy atom. The number of nitrogens with one attached hydrogen (secondary N) is 3. The van der Waals surface area contributed by atoms with Crippen LogP contribution in [0.25, 0.3) is 22.1 Å². The zero-order valence-electron chi connectivity index (χ0n) is 41.5. The monoisotopic (exact) mass is 1070 g/mol. The summed E-state index contributed by atoms with van der Waals surface area (Å²) in [5, 5.41) is 50.9. The molecule has 6 N–H and O–H groups in total. The van der Waals surface area contributed by atoms with Crippen LogP contribution in [0.5, 0.6) is 11.5 Å². The Morgan fingerprint density at radius 2 is 1.57 bits per heavy atom. The van der Waals surface area contributed by atoms with Crippen molar-refractivity contribution >= 4 is 52.3 Å². The highest BCUT2D eigenvalue weighted by atomic mass is 35.5. The largest absolute Gasteiger partial charge is 0.508 e. The van der Waals surface area contributed by atoms with Gasteiger partial charge in [0.15, 0.2) is 11.6 Å². The standard InChI is InChI=1S/C49H54ClN11O6S.C2HF3O2/c1-26(2)36-18-37(40(63)20-39(36)62)45-55-57-49(67)61(45)35-12-6-30(7-13-35)23-58-16-14-33(15-17-58)47(66)59-24-31(25-59)21-51-42(65)22-52-41(64)19-38-46-56-54-29(5)60(46)48-43(27(3)28(4)68-48)44(53-38)32-8-10-34(50)11-9-32;3-2(4,5)1(6)7/h6-13,18,20,26,31,33,38,62-63H,14-17,19,21-25H2,1-5H3,(H,51,65)(H,52,64)(H,57,67);(H,6,7)/t38-;/m0./s1. The molecule has 0 unspecified atom stereocenters. The highest BCUT2D eigenvalue weighted by Gasteiger charge is 2.39. The van der Waals surface area contributed by atoms with E-state index < -0.39 is 23.9 Å². The third-order valence-corrected chi connectivity index (χ3v) is 14.9. The summed E-state index contributed by atoms with van der Waals surface area (Å²) >= 11 is 7.87. The molecular weight excluding hydrogens is 1020 g/mol. The van der Waals surface area contributed by atoms with Gasteiger partial charge in [0.05, 0.1) is 29.9 Å². The Hall–Kier alpha value is -7.37. The number of carbonyl (C=O) groups excluding carboxylic acids is 3. The van der Waals surface area contributed by atoms with Crippen molar-refractivity contribution in [1.82, 2.24) is 50.0 Å². The van der Waals surface area contributed by atoms with Crippen LogP contribution >= 0.6 is 22.9 Å². The zero-order chi connectivity index (χ0) is 54.0. The molecule has 396 valence electrons. The summed E-state index contributed by atoms with van der Waals surface area (Å²) in [7, 11) is 0. The number of amides is 3. The van der Waals surface area contributed by atoms with Gasteiger partial charge >= 0.3 is 17.8 Å². The summed E-state index contributed by atoms with van der Waals surface area (Å²) in [5.74, 6) is -1.91. The summed E-state index contributed by atoms with van der Waals surface area (Å²) in [5.41, 5.74) is 5.83. The molecule has 0 spiro atoms. The molecule has 2 fully saturated rings. The molecule has 6 heterocycles. The lowest BCUT2D eigenvalue weighted by molar-refractivity contribution is -0.192. The second kappa shape index (κ2) is 22.2. The lowest BCUT2D eigenvalue weighted by Crippen LogP contribution is -2.56. The molecule has 3 aromatic carbocycles. The number of carboxylic acids is 1. The van der Waals surface area contributed by atoms with Gasteiger partial charge in [-0.25, -0.2) is 19.3 Å². The number of hydrogen-bond acceptors (Lipinski definition) is 13. The third-order valence-electron chi connectivity index (χ3n) is 13.5. The molecule has 9 rings (SSSR count). The van der Waals surface area contributed by atoms with Crippen molar-refractivity contribution in [3.05, 3.63) is 121 Å². The SMILES string of the molecule is Cc1sc2c(c1C)C(c1ccc(Cl)cc1)=N[C@@H](CC(=O)NCC(=O)NCC1CN(C(=O)C3CCN(Cc4ccc(-n5c(-c6cc(C(C)C)c(O)cc6O)n[nH]c5=O)cc4)CC3)C1)c1nnc(C)n1-2.O=C(O)C(F)(F)F. The first-order valence-corrected chi connectivity index (χ1v) is 25.3. The Morgan fingerprint density at radius 3 is 2.21 bits per heavy atom. The minimum Gasteiger partial charge on any atom is -0.508 e. The molecule has 1 atom stereocenters. The summed E-state index contributed by atoms with van der Waals surface area (Å²) < 4.78 is 35.1. The minimum atomic E-state index is -5.08. The normalized spacial score (nSPS) is 16.0. The molecule has 19 nitrogen and oxygen atoms in total. The van der Waals surface area contributed by atoms with E-state index in [1.807, 2.05) is 78.8 Å². The van der Waals surface area contributed by atoms with Gasteiger partial charge in [-0.3, -0.25) is 28.8 Å². The van der Waals surface area contributed by atoms with Crippen LogP contribution in [0.4, 0.5) is 13.2 Å². The summed E-state index contributed by atoms with van der Waals surface area (Å²) in [6.45, 7) is 13.5. The van der Waals surface area contributed by atoms with Crippen molar-refractivity contribution in [3.8, 4) is 33.6 Å². The van der Waals surface area contributed by atoms with E-state index in [1.165, 1.54) is 10.6 Å². The van der Waals surface area contributed by atoms with Crippen LogP contribution in [0.1, 0.15) is 89.4 Å². The highest BCUT2D eigenvalue weighted by Crippen LogP contribution is 2.40. The fraction of sp³-hybridized carbons (Fsp3) is 0.392. The predicted molar refractivity (Wildman–Crippen MR) is 273 cm³/mol. The van der Waals surface area contributed by atoms with E-state index in [2.05, 4.69) is 49.8 Å². The first-order valence-electron chi connectivity index (χ1n) is 24.1. The molecule has 3 amide bonds. The maximum atomic E-state index is 13.4. The number of phenolic OH excluding ortho intramolecular Hbond substituents is 2. The number of alkyl halides is 3. The van der Waals surface area contributed by atoms with Crippen LogP contribution in [-0.4, -0.2) is 129 Å². The number of likely N-dealkylation sites (tertiary alicyclic amines) is 2. The number of aliphatic carboxylic acids is 1. The number of phenols is 2. The fourth-order valence-corrected chi connectivity index (χ4v) is 10.7. The topological polar surface area (TPSA) is 253 Å². The molecule has 0 saturated carbocycles. The number of aromatic hydroxyl groups is 2. The Balaban J connectivity index is 0.000000997. The maximum Gasteiger partial charge on any atom is 0.490 e. The van der Waals surface area contributed by atoms with Gasteiger partial charge in [-0.1, -0.05) is 49.7 Å². The van der Waals surface area contributed by atoms with E-state index in [0.29, 0.717) is 59.7 Å². The van der Waals surface area contributed by atoms with E-state index in [-0.39, 0.29) is 65.8 Å². The van der Waals surface area contributed by atoms with Gasteiger partial charge in [0.2, 0.25) is 17.7 Å². The molecule has 6 aromatic rings. The molecule has 2 saturated heterocycles. The summed E-state index contributed by atoms with van der Waals surface area (Å²) in [6.07, 6.45) is -3.62. The molecule has 0 aliphatic carbocycles. The number of nitrogens with zero attached hydrogens (tertiary/aromatic N) is 8. The van der Waals surface area contributed by atoms with Gasteiger partial charge in [-0.15, -0.1) is 21.5 Å². The van der Waals surface area contributed by atoms with Crippen LogP contribution in [-0.2, 0) is 25.7 Å². The smallest absolute Gasteiger partial charge is 0.490 e. The maximum absolute atomic E-state index is 13.4. The number of H-pyrrole nitrogens is 1. The van der Waals surface area contributed by atoms with Gasteiger partial charge in [0.25, 0.3) is 0 Å². The van der Waals surface area contributed by atoms with Crippen LogP contribution in [0.15, 0.2) is 70.5 Å². The third kappa shape index (κ3) is 11.9. The number of carboxylic acid groups (broad SMARTS) is 1. The van der Waals surface area contributed by atoms with E-state index >= 15 is 0 Å². The summed E-state index contributed by atoms with van der Waals surface area (Å²) in [6, 6.07) is 17.4. The minimum absolute atomic E-state index is 0.0138. The first kappa shape index (κ1) is 53.9. The Kier molecular flexibility index (Phi) is 16.0. The van der Waals surface area contributed by atoms with Gasteiger partial charge in [-0.05, 0) is 99.6 Å². The number of thiophene rings is 1. The van der Waals surface area contributed by atoms with Gasteiger partial charge in [0.1, 0.15) is 28.4 Å². The quantitative estimate of drug-likeness (QED) is 0.0725. The van der Waals surface area contributed by atoms with Crippen molar-refractivity contribution in [2.24, 2.45) is 16.8 Å². The van der Waals surface area contributed by atoms with Gasteiger partial charge in [0, 0.05) is 65.1 Å². The number of piperidine rings is 1. The molecule has 75 heavy (non-hydrogen) atoms. The number of rotatable bonds is 13. The van der Waals surface area contributed by atoms with Crippen LogP contribution < -0.4 is 16.3 Å². The second-order valence-electron chi connectivity index (χ2n) is 19.1. The molecule has 0 radical (unpaired) electrons. The molecule has 3 aliphatic heterocycles. The van der Waals surface area contributed by atoms with Crippen molar-refractivity contribution in [2.45, 2.75) is 78.6 Å². The average molecular weight is 1070 g/mol. The lowest BCUT2D eigenvalue weighted by atomic mass is 9.91. The van der Waals surface area contributed by atoms with E-state index in [0.717, 1.165) is 63.8 Å². The van der Waals surface area contributed by atoms with Crippen LogP contribution in [0, 0.1) is 32.6 Å².